The molecule has 1 aliphatic heterocycles. The minimum Gasteiger partial charge on any atom is -0.384 e. The van der Waals surface area contributed by atoms with Crippen molar-refractivity contribution in [1.29, 1.82) is 0 Å². The van der Waals surface area contributed by atoms with Crippen molar-refractivity contribution in [2.24, 2.45) is 0 Å². The SMILES string of the molecule is CCN(CCCS(=O)O)C1CC2=CNC3CCC(OC)C(=C23)C1. The second kappa shape index (κ2) is 7.47. The Morgan fingerprint density at radius 1 is 1.43 bits per heavy atom. The first-order chi connectivity index (χ1) is 11.1. The van der Waals surface area contributed by atoms with Gasteiger partial charge in [0.1, 0.15) is 0 Å². The standard InChI is InChI=1S/C17H28N2O3S/c1-3-19(7-4-8-23(20)21)13-9-12-11-18-15-5-6-16(22-2)14(10-13)17(12)15/h11,13,15-16,18H,3-10H2,1-2H3,(H,20,21). The zero-order chi connectivity index (χ0) is 16.4. The van der Waals surface area contributed by atoms with Gasteiger partial charge in [-0.2, -0.15) is 0 Å². The molecule has 4 unspecified atom stereocenters. The quantitative estimate of drug-likeness (QED) is 0.695. The summed E-state index contributed by atoms with van der Waals surface area (Å²) in [4.78, 5) is 2.46. The molecule has 0 saturated heterocycles. The monoisotopic (exact) mass is 340 g/mol. The Kier molecular flexibility index (Phi) is 5.57. The van der Waals surface area contributed by atoms with E-state index in [1.807, 2.05) is 7.11 Å². The number of ether oxygens (including phenoxy) is 1. The summed E-state index contributed by atoms with van der Waals surface area (Å²) in [6.07, 6.45) is 7.64. The van der Waals surface area contributed by atoms with E-state index in [1.54, 1.807) is 0 Å². The van der Waals surface area contributed by atoms with Crippen molar-refractivity contribution in [3.63, 3.8) is 0 Å². The molecule has 0 saturated carbocycles. The van der Waals surface area contributed by atoms with Gasteiger partial charge in [0, 0.05) is 19.4 Å². The van der Waals surface area contributed by atoms with E-state index in [9.17, 15) is 4.21 Å². The molecule has 0 bridgehead atoms. The Morgan fingerprint density at radius 2 is 2.26 bits per heavy atom. The first kappa shape index (κ1) is 17.1. The maximum Gasteiger partial charge on any atom is 0.152 e. The fraction of sp³-hybridized carbons (Fsp3) is 0.765. The normalized spacial score (nSPS) is 31.0. The number of nitrogens with zero attached hydrogens (tertiary/aromatic N) is 1. The van der Waals surface area contributed by atoms with Gasteiger partial charge in [-0.05, 0) is 61.9 Å². The summed E-state index contributed by atoms with van der Waals surface area (Å²) in [6.45, 7) is 4.05. The highest BCUT2D eigenvalue weighted by atomic mass is 32.2. The van der Waals surface area contributed by atoms with Crippen LogP contribution in [0.4, 0.5) is 0 Å². The van der Waals surface area contributed by atoms with Gasteiger partial charge < -0.3 is 14.6 Å². The number of hydrogen-bond donors (Lipinski definition) is 2. The molecule has 0 amide bonds. The van der Waals surface area contributed by atoms with Crippen molar-refractivity contribution >= 4 is 11.1 Å². The van der Waals surface area contributed by atoms with Crippen LogP contribution >= 0.6 is 0 Å². The summed E-state index contributed by atoms with van der Waals surface area (Å²) < 4.78 is 25.6. The minimum atomic E-state index is -1.68. The van der Waals surface area contributed by atoms with Crippen molar-refractivity contribution < 1.29 is 13.5 Å². The van der Waals surface area contributed by atoms with Crippen LogP contribution in [0.2, 0.25) is 0 Å². The lowest BCUT2D eigenvalue weighted by molar-refractivity contribution is 0.100. The third-order valence-corrected chi connectivity index (χ3v) is 6.13. The van der Waals surface area contributed by atoms with E-state index in [4.69, 9.17) is 9.29 Å². The summed E-state index contributed by atoms with van der Waals surface area (Å²) in [7, 11) is 1.82. The highest BCUT2D eigenvalue weighted by Gasteiger charge is 2.39. The molecule has 5 nitrogen and oxygen atoms in total. The third-order valence-electron chi connectivity index (χ3n) is 5.49. The predicted octanol–water partition coefficient (Wildman–Crippen LogP) is 2.04. The summed E-state index contributed by atoms with van der Waals surface area (Å²) in [6, 6.07) is 0.979. The van der Waals surface area contributed by atoms with Crippen LogP contribution in [0.3, 0.4) is 0 Å². The van der Waals surface area contributed by atoms with Gasteiger partial charge in [0.15, 0.2) is 11.1 Å². The van der Waals surface area contributed by atoms with Gasteiger partial charge >= 0.3 is 0 Å². The van der Waals surface area contributed by atoms with E-state index < -0.39 is 11.1 Å². The van der Waals surface area contributed by atoms with Crippen LogP contribution in [0, 0.1) is 0 Å². The molecule has 0 aromatic heterocycles. The lowest BCUT2D eigenvalue weighted by Gasteiger charge is -2.40. The molecule has 3 rings (SSSR count). The zero-order valence-corrected chi connectivity index (χ0v) is 14.9. The smallest absolute Gasteiger partial charge is 0.152 e. The maximum absolute atomic E-state index is 10.9. The predicted molar refractivity (Wildman–Crippen MR) is 92.6 cm³/mol. The van der Waals surface area contributed by atoms with Gasteiger partial charge in [-0.25, -0.2) is 4.21 Å². The maximum atomic E-state index is 10.9. The van der Waals surface area contributed by atoms with E-state index in [0.29, 0.717) is 17.8 Å². The van der Waals surface area contributed by atoms with Gasteiger partial charge in [-0.3, -0.25) is 4.90 Å². The molecular weight excluding hydrogens is 312 g/mol. The highest BCUT2D eigenvalue weighted by Crippen LogP contribution is 2.43. The number of nitrogens with one attached hydrogen (secondary N) is 1. The summed E-state index contributed by atoms with van der Waals surface area (Å²) in [5, 5.41) is 3.54. The second-order valence-electron chi connectivity index (χ2n) is 6.70. The van der Waals surface area contributed by atoms with E-state index in [-0.39, 0.29) is 6.10 Å². The molecule has 2 aliphatic carbocycles. The van der Waals surface area contributed by atoms with Gasteiger partial charge in [-0.1, -0.05) is 6.92 Å². The molecule has 0 aromatic rings. The minimum absolute atomic E-state index is 0.260. The molecular formula is C17H28N2O3S. The lowest BCUT2D eigenvalue weighted by atomic mass is 9.75. The van der Waals surface area contributed by atoms with Crippen molar-refractivity contribution in [2.75, 3.05) is 26.0 Å². The summed E-state index contributed by atoms with van der Waals surface area (Å²) in [5.41, 5.74) is 4.46. The molecule has 1 heterocycles. The average Bonchev–Trinajstić information content (AvgIpc) is 2.96. The molecule has 0 fully saturated rings. The Hall–Kier alpha value is -0.690. The van der Waals surface area contributed by atoms with Crippen LogP contribution in [-0.2, 0) is 15.8 Å². The van der Waals surface area contributed by atoms with Crippen LogP contribution in [0.1, 0.15) is 39.0 Å². The molecule has 23 heavy (non-hydrogen) atoms. The molecule has 0 spiro atoms. The first-order valence-corrected chi connectivity index (χ1v) is 9.94. The molecule has 2 N–H and O–H groups in total. The van der Waals surface area contributed by atoms with Crippen molar-refractivity contribution in [3.05, 3.63) is 22.9 Å². The number of methoxy groups -OCH3 is 1. The average molecular weight is 340 g/mol. The van der Waals surface area contributed by atoms with Crippen LogP contribution < -0.4 is 5.32 Å². The summed E-state index contributed by atoms with van der Waals surface area (Å²) >= 11 is -1.68. The van der Waals surface area contributed by atoms with E-state index in [2.05, 4.69) is 23.3 Å². The molecule has 0 radical (unpaired) electrons. The summed E-state index contributed by atoms with van der Waals surface area (Å²) in [5.74, 6) is 0.365. The number of hydrogen-bond acceptors (Lipinski definition) is 4. The van der Waals surface area contributed by atoms with E-state index in [0.717, 1.165) is 45.2 Å². The fourth-order valence-electron chi connectivity index (χ4n) is 4.41. The van der Waals surface area contributed by atoms with Crippen LogP contribution in [0.15, 0.2) is 22.9 Å². The van der Waals surface area contributed by atoms with Gasteiger partial charge in [-0.15, -0.1) is 0 Å². The Balaban J connectivity index is 1.73. The third kappa shape index (κ3) is 3.55. The van der Waals surface area contributed by atoms with Crippen molar-refractivity contribution in [3.8, 4) is 0 Å². The zero-order valence-electron chi connectivity index (χ0n) is 14.1. The van der Waals surface area contributed by atoms with Crippen molar-refractivity contribution in [2.45, 2.75) is 57.2 Å². The van der Waals surface area contributed by atoms with Crippen molar-refractivity contribution in [1.82, 2.24) is 10.2 Å². The molecule has 6 heteroatoms. The topological polar surface area (TPSA) is 61.8 Å². The molecule has 4 atom stereocenters. The molecule has 3 aliphatic rings. The molecule has 130 valence electrons. The van der Waals surface area contributed by atoms with E-state index in [1.165, 1.54) is 16.7 Å². The van der Waals surface area contributed by atoms with Crippen LogP contribution in [-0.4, -0.2) is 57.8 Å². The van der Waals surface area contributed by atoms with Crippen LogP contribution in [0.25, 0.3) is 0 Å². The van der Waals surface area contributed by atoms with Crippen LogP contribution in [0.5, 0.6) is 0 Å². The molecule has 0 aromatic carbocycles. The first-order valence-electron chi connectivity index (χ1n) is 8.66. The highest BCUT2D eigenvalue weighted by molar-refractivity contribution is 7.79. The fourth-order valence-corrected chi connectivity index (χ4v) is 4.78. The number of rotatable bonds is 7. The second-order valence-corrected chi connectivity index (χ2v) is 7.75. The van der Waals surface area contributed by atoms with E-state index >= 15 is 0 Å². The Labute approximate surface area is 141 Å². The van der Waals surface area contributed by atoms with Gasteiger partial charge in [0.05, 0.1) is 17.9 Å². The Morgan fingerprint density at radius 3 is 2.96 bits per heavy atom. The largest absolute Gasteiger partial charge is 0.384 e. The van der Waals surface area contributed by atoms with Gasteiger partial charge in [0.25, 0.3) is 0 Å². The lowest BCUT2D eigenvalue weighted by Crippen LogP contribution is -2.42. The van der Waals surface area contributed by atoms with Gasteiger partial charge in [0.2, 0.25) is 0 Å². The Bertz CT molecular complexity index is 532.